The van der Waals surface area contributed by atoms with E-state index < -0.39 is 29.9 Å². The van der Waals surface area contributed by atoms with Gasteiger partial charge in [0.2, 0.25) is 0 Å². The van der Waals surface area contributed by atoms with Crippen molar-refractivity contribution < 1.29 is 37.3 Å². The molecule has 10 heteroatoms. The van der Waals surface area contributed by atoms with E-state index in [9.17, 15) is 27.9 Å². The predicted molar refractivity (Wildman–Crippen MR) is 77.6 cm³/mol. The number of rotatable bonds is 2. The van der Waals surface area contributed by atoms with Gasteiger partial charge >= 0.3 is 18.5 Å². The van der Waals surface area contributed by atoms with E-state index in [0.29, 0.717) is 0 Å². The third-order valence-electron chi connectivity index (χ3n) is 2.16. The zero-order chi connectivity index (χ0) is 18.0. The van der Waals surface area contributed by atoms with E-state index in [4.69, 9.17) is 4.74 Å². The van der Waals surface area contributed by atoms with Crippen LogP contribution in [0.1, 0.15) is 20.8 Å². The third-order valence-corrected chi connectivity index (χ3v) is 2.83. The molecule has 0 aliphatic heterocycles. The Hall–Kier alpha value is -1.97. The Morgan fingerprint density at radius 3 is 2.22 bits per heavy atom. The molecule has 2 amide bonds. The molecule has 0 aromatic heterocycles. The second-order valence-corrected chi connectivity index (χ2v) is 6.11. The van der Waals surface area contributed by atoms with Crippen LogP contribution in [0, 0.1) is 0 Å². The molecule has 1 rings (SSSR count). The zero-order valence-electron chi connectivity index (χ0n) is 12.3. The van der Waals surface area contributed by atoms with E-state index in [1.54, 1.807) is 0 Å². The van der Waals surface area contributed by atoms with Crippen molar-refractivity contribution in [3.8, 4) is 5.75 Å². The van der Waals surface area contributed by atoms with Crippen LogP contribution in [-0.2, 0) is 4.74 Å². The SMILES string of the molecule is CC(C)(C)OC(=O)N(C(=O)O)c1cc(OC(F)(F)F)ccc1Br. The van der Waals surface area contributed by atoms with Crippen molar-refractivity contribution in [2.24, 2.45) is 0 Å². The number of hydrogen-bond donors (Lipinski definition) is 1. The zero-order valence-corrected chi connectivity index (χ0v) is 13.9. The lowest BCUT2D eigenvalue weighted by Gasteiger charge is -2.25. The molecule has 0 heterocycles. The number of alkyl halides is 3. The maximum atomic E-state index is 12.3. The van der Waals surface area contributed by atoms with Crippen LogP contribution in [0.4, 0.5) is 28.4 Å². The van der Waals surface area contributed by atoms with Crippen LogP contribution < -0.4 is 9.64 Å². The van der Waals surface area contributed by atoms with Crippen molar-refractivity contribution in [1.29, 1.82) is 0 Å². The topological polar surface area (TPSA) is 76.1 Å². The molecule has 0 aliphatic rings. The molecule has 0 fully saturated rings. The summed E-state index contributed by atoms with van der Waals surface area (Å²) < 4.78 is 45.5. The van der Waals surface area contributed by atoms with Gasteiger partial charge < -0.3 is 14.6 Å². The highest BCUT2D eigenvalue weighted by Gasteiger charge is 2.33. The van der Waals surface area contributed by atoms with Gasteiger partial charge in [0.05, 0.1) is 5.69 Å². The van der Waals surface area contributed by atoms with Crippen molar-refractivity contribution in [2.75, 3.05) is 4.90 Å². The molecule has 0 bridgehead atoms. The lowest BCUT2D eigenvalue weighted by Crippen LogP contribution is -2.40. The van der Waals surface area contributed by atoms with Crippen LogP contribution in [0.25, 0.3) is 0 Å². The van der Waals surface area contributed by atoms with Gasteiger partial charge in [-0.2, -0.15) is 4.90 Å². The molecule has 0 unspecified atom stereocenters. The molecule has 0 spiro atoms. The van der Waals surface area contributed by atoms with Gasteiger partial charge in [0.15, 0.2) is 0 Å². The summed E-state index contributed by atoms with van der Waals surface area (Å²) in [6, 6.07) is 2.85. The molecular formula is C13H13BrF3NO5. The molecule has 0 radical (unpaired) electrons. The number of hydrogen-bond acceptors (Lipinski definition) is 4. The van der Waals surface area contributed by atoms with Crippen LogP contribution in [0.2, 0.25) is 0 Å². The predicted octanol–water partition coefficient (Wildman–Crippen LogP) is 4.77. The van der Waals surface area contributed by atoms with Gasteiger partial charge in [0, 0.05) is 10.5 Å². The minimum absolute atomic E-state index is 0.0697. The Morgan fingerprint density at radius 1 is 1.22 bits per heavy atom. The number of imide groups is 1. The standard InChI is InChI=1S/C13H13BrF3NO5/c1-12(2,3)23-11(21)18(10(19)20)9-6-7(4-5-8(9)14)22-13(15,16)17/h4-6H,1-3H3,(H,19,20). The van der Waals surface area contributed by atoms with Gasteiger partial charge in [0.25, 0.3) is 0 Å². The quantitative estimate of drug-likeness (QED) is 0.774. The summed E-state index contributed by atoms with van der Waals surface area (Å²) in [5.41, 5.74) is -1.36. The highest BCUT2D eigenvalue weighted by atomic mass is 79.9. The van der Waals surface area contributed by atoms with Gasteiger partial charge in [-0.05, 0) is 48.8 Å². The summed E-state index contributed by atoms with van der Waals surface area (Å²) >= 11 is 2.98. The van der Waals surface area contributed by atoms with E-state index in [0.717, 1.165) is 18.2 Å². The van der Waals surface area contributed by atoms with E-state index >= 15 is 0 Å². The Bertz CT molecular complexity index is 613. The molecule has 6 nitrogen and oxygen atoms in total. The average molecular weight is 400 g/mol. The lowest BCUT2D eigenvalue weighted by atomic mass is 10.2. The van der Waals surface area contributed by atoms with Gasteiger partial charge in [-0.1, -0.05) is 0 Å². The number of anilines is 1. The van der Waals surface area contributed by atoms with E-state index in [1.807, 2.05) is 0 Å². The molecule has 128 valence electrons. The Kier molecular flexibility index (Phi) is 5.51. The molecular weight excluding hydrogens is 387 g/mol. The van der Waals surface area contributed by atoms with Crippen molar-refractivity contribution in [1.82, 2.24) is 0 Å². The molecule has 0 saturated heterocycles. The minimum atomic E-state index is -4.95. The number of benzene rings is 1. The highest BCUT2D eigenvalue weighted by Crippen LogP contribution is 2.33. The Balaban J connectivity index is 3.24. The summed E-state index contributed by atoms with van der Waals surface area (Å²) in [4.78, 5) is 23.5. The molecule has 1 aromatic carbocycles. The van der Waals surface area contributed by atoms with E-state index in [2.05, 4.69) is 20.7 Å². The number of carbonyl (C=O) groups excluding carboxylic acids is 1. The van der Waals surface area contributed by atoms with Crippen molar-refractivity contribution in [2.45, 2.75) is 32.7 Å². The van der Waals surface area contributed by atoms with E-state index in [1.165, 1.54) is 20.8 Å². The molecule has 1 aromatic rings. The number of nitrogens with zero attached hydrogens (tertiary/aromatic N) is 1. The van der Waals surface area contributed by atoms with Gasteiger partial charge in [-0.3, -0.25) is 0 Å². The normalized spacial score (nSPS) is 11.8. The first-order valence-electron chi connectivity index (χ1n) is 6.11. The van der Waals surface area contributed by atoms with Crippen LogP contribution in [0.5, 0.6) is 5.75 Å². The minimum Gasteiger partial charge on any atom is -0.464 e. The van der Waals surface area contributed by atoms with Crippen LogP contribution in [-0.4, -0.2) is 29.3 Å². The maximum Gasteiger partial charge on any atom is 0.573 e. The second-order valence-electron chi connectivity index (χ2n) is 5.26. The summed E-state index contributed by atoms with van der Waals surface area (Å²) in [6.45, 7) is 4.55. The fraction of sp³-hybridized carbons (Fsp3) is 0.385. The molecule has 0 aliphatic carbocycles. The van der Waals surface area contributed by atoms with Crippen LogP contribution in [0.15, 0.2) is 22.7 Å². The molecule has 0 atom stereocenters. The van der Waals surface area contributed by atoms with Crippen molar-refractivity contribution >= 4 is 33.8 Å². The number of carbonyl (C=O) groups is 2. The van der Waals surface area contributed by atoms with Crippen molar-refractivity contribution in [3.05, 3.63) is 22.7 Å². The summed E-state index contributed by atoms with van der Waals surface area (Å²) in [7, 11) is 0. The molecule has 23 heavy (non-hydrogen) atoms. The van der Waals surface area contributed by atoms with Crippen LogP contribution >= 0.6 is 15.9 Å². The third kappa shape index (κ3) is 5.97. The monoisotopic (exact) mass is 399 g/mol. The van der Waals surface area contributed by atoms with Gasteiger partial charge in [-0.25, -0.2) is 9.59 Å². The number of amides is 2. The largest absolute Gasteiger partial charge is 0.573 e. The Morgan fingerprint density at radius 2 is 1.78 bits per heavy atom. The highest BCUT2D eigenvalue weighted by molar-refractivity contribution is 9.10. The average Bonchev–Trinajstić information content (AvgIpc) is 2.28. The van der Waals surface area contributed by atoms with Crippen LogP contribution in [0.3, 0.4) is 0 Å². The number of carboxylic acid groups (broad SMARTS) is 1. The fourth-order valence-corrected chi connectivity index (χ4v) is 1.87. The first kappa shape index (κ1) is 19.1. The van der Waals surface area contributed by atoms with E-state index in [-0.39, 0.29) is 15.1 Å². The fourth-order valence-electron chi connectivity index (χ4n) is 1.45. The first-order valence-corrected chi connectivity index (χ1v) is 6.91. The summed E-state index contributed by atoms with van der Waals surface area (Å²) in [6.07, 6.45) is -7.93. The lowest BCUT2D eigenvalue weighted by molar-refractivity contribution is -0.274. The molecule has 1 N–H and O–H groups in total. The summed E-state index contributed by atoms with van der Waals surface area (Å²) in [5, 5.41) is 9.18. The van der Waals surface area contributed by atoms with Gasteiger partial charge in [0.1, 0.15) is 11.4 Å². The maximum absolute atomic E-state index is 12.3. The van der Waals surface area contributed by atoms with Crippen molar-refractivity contribution in [3.63, 3.8) is 0 Å². The number of ether oxygens (including phenoxy) is 2. The smallest absolute Gasteiger partial charge is 0.464 e. The second kappa shape index (κ2) is 6.65. The van der Waals surface area contributed by atoms with Gasteiger partial charge in [-0.15, -0.1) is 13.2 Å². The molecule has 0 saturated carbocycles. The first-order chi connectivity index (χ1) is 10.3. The number of halogens is 4. The Labute approximate surface area is 137 Å². The summed E-state index contributed by atoms with van der Waals surface area (Å²) in [5.74, 6) is -0.675.